The predicted molar refractivity (Wildman–Crippen MR) is 131 cm³/mol. The van der Waals surface area contributed by atoms with Crippen molar-refractivity contribution in [2.24, 2.45) is 9.98 Å². The topological polar surface area (TPSA) is 40.0 Å². The molecule has 0 amide bonds. The first-order valence-corrected chi connectivity index (χ1v) is 11.2. The lowest BCUT2D eigenvalue weighted by molar-refractivity contribution is 0.256. The SMILES string of the molecule is Cc1ccccc1/C(=N/C(=Nc1ccccc1)N1CCCCC1C)Nc1ccc(F)cc1. The molecular weight excluding hydrogens is 399 g/mol. The summed E-state index contributed by atoms with van der Waals surface area (Å²) in [6, 6.07) is 24.8. The molecule has 5 heteroatoms. The molecule has 3 aromatic rings. The molecule has 1 atom stereocenters. The molecule has 4 nitrogen and oxygen atoms in total. The zero-order valence-electron chi connectivity index (χ0n) is 18.6. The standard InChI is InChI=1S/C27H29FN4/c1-20-10-6-7-14-25(20)26(29-24-17-15-22(28)16-18-24)31-27(30-23-12-4-3-5-13-23)32-19-9-8-11-21(32)2/h3-7,10,12-18,21H,8-9,11,19H2,1-2H3,(H,29,30,31). The van der Waals surface area contributed by atoms with E-state index in [9.17, 15) is 4.39 Å². The van der Waals surface area contributed by atoms with Crippen LogP contribution in [0.3, 0.4) is 0 Å². The summed E-state index contributed by atoms with van der Waals surface area (Å²) in [5.41, 5.74) is 3.74. The number of halogens is 1. The third-order valence-electron chi connectivity index (χ3n) is 5.76. The molecule has 1 saturated heterocycles. The van der Waals surface area contributed by atoms with Crippen LogP contribution in [0.25, 0.3) is 0 Å². The van der Waals surface area contributed by atoms with Gasteiger partial charge >= 0.3 is 0 Å². The van der Waals surface area contributed by atoms with Crippen LogP contribution in [0.2, 0.25) is 0 Å². The first-order valence-electron chi connectivity index (χ1n) is 11.2. The number of para-hydroxylation sites is 1. The lowest BCUT2D eigenvalue weighted by atomic mass is 10.0. The van der Waals surface area contributed by atoms with E-state index in [4.69, 9.17) is 9.98 Å². The number of hydrogen-bond donors (Lipinski definition) is 1. The van der Waals surface area contributed by atoms with E-state index in [0.717, 1.165) is 41.9 Å². The Morgan fingerprint density at radius 2 is 1.66 bits per heavy atom. The van der Waals surface area contributed by atoms with E-state index in [1.807, 2.05) is 48.5 Å². The molecular formula is C27H29FN4. The average molecular weight is 429 g/mol. The minimum atomic E-state index is -0.265. The van der Waals surface area contributed by atoms with Gasteiger partial charge in [-0.25, -0.2) is 9.38 Å². The monoisotopic (exact) mass is 428 g/mol. The van der Waals surface area contributed by atoms with E-state index in [1.54, 1.807) is 12.1 Å². The highest BCUT2D eigenvalue weighted by molar-refractivity contribution is 6.14. The highest BCUT2D eigenvalue weighted by Crippen LogP contribution is 2.22. The van der Waals surface area contributed by atoms with Gasteiger partial charge in [0.2, 0.25) is 5.96 Å². The molecule has 0 aromatic heterocycles. The van der Waals surface area contributed by atoms with Crippen LogP contribution in [0.4, 0.5) is 15.8 Å². The fourth-order valence-corrected chi connectivity index (χ4v) is 3.93. The summed E-state index contributed by atoms with van der Waals surface area (Å²) in [6.07, 6.45) is 3.46. The number of amidine groups is 1. The molecule has 164 valence electrons. The normalized spacial score (nSPS) is 17.3. The Labute approximate surface area is 189 Å². The third-order valence-corrected chi connectivity index (χ3v) is 5.76. The van der Waals surface area contributed by atoms with Gasteiger partial charge < -0.3 is 10.2 Å². The van der Waals surface area contributed by atoms with Gasteiger partial charge in [0, 0.05) is 23.8 Å². The molecule has 1 unspecified atom stereocenters. The molecule has 0 aliphatic carbocycles. The van der Waals surface area contributed by atoms with Crippen LogP contribution in [0.15, 0.2) is 88.8 Å². The number of likely N-dealkylation sites (tertiary alicyclic amines) is 1. The second-order valence-corrected chi connectivity index (χ2v) is 8.19. The second-order valence-electron chi connectivity index (χ2n) is 8.19. The van der Waals surface area contributed by atoms with Crippen LogP contribution in [0.5, 0.6) is 0 Å². The van der Waals surface area contributed by atoms with Crippen molar-refractivity contribution < 1.29 is 4.39 Å². The smallest absolute Gasteiger partial charge is 0.228 e. The summed E-state index contributed by atoms with van der Waals surface area (Å²) in [7, 11) is 0. The number of guanidine groups is 1. The lowest BCUT2D eigenvalue weighted by Gasteiger charge is -2.34. The van der Waals surface area contributed by atoms with Crippen LogP contribution in [-0.2, 0) is 0 Å². The number of anilines is 1. The van der Waals surface area contributed by atoms with Gasteiger partial charge in [-0.3, -0.25) is 0 Å². The van der Waals surface area contributed by atoms with E-state index in [0.29, 0.717) is 17.8 Å². The van der Waals surface area contributed by atoms with Crippen LogP contribution in [-0.4, -0.2) is 29.3 Å². The first-order chi connectivity index (χ1) is 15.6. The van der Waals surface area contributed by atoms with Gasteiger partial charge in [-0.05, 0) is 75.1 Å². The number of nitrogens with one attached hydrogen (secondary N) is 1. The van der Waals surface area contributed by atoms with Gasteiger partial charge in [-0.15, -0.1) is 0 Å². The molecule has 1 N–H and O–H groups in total. The number of hydrogen-bond acceptors (Lipinski definition) is 1. The van der Waals surface area contributed by atoms with Crippen LogP contribution < -0.4 is 5.32 Å². The van der Waals surface area contributed by atoms with Gasteiger partial charge in [-0.1, -0.05) is 42.5 Å². The molecule has 1 aliphatic rings. The molecule has 1 aliphatic heterocycles. The highest BCUT2D eigenvalue weighted by Gasteiger charge is 2.23. The average Bonchev–Trinajstić information content (AvgIpc) is 2.81. The molecule has 32 heavy (non-hydrogen) atoms. The quantitative estimate of drug-likeness (QED) is 0.379. The molecule has 0 saturated carbocycles. The van der Waals surface area contributed by atoms with Gasteiger partial charge in [0.25, 0.3) is 0 Å². The number of aryl methyl sites for hydroxylation is 1. The van der Waals surface area contributed by atoms with Gasteiger partial charge in [0.1, 0.15) is 11.7 Å². The number of aliphatic imine (C=N–C) groups is 2. The minimum Gasteiger partial charge on any atom is -0.340 e. The maximum absolute atomic E-state index is 13.5. The first kappa shape index (κ1) is 21.8. The Bertz CT molecular complexity index is 1090. The van der Waals surface area contributed by atoms with Crippen molar-refractivity contribution in [2.75, 3.05) is 11.9 Å². The van der Waals surface area contributed by atoms with Crippen molar-refractivity contribution in [1.82, 2.24) is 4.90 Å². The maximum Gasteiger partial charge on any atom is 0.228 e. The van der Waals surface area contributed by atoms with Crippen molar-refractivity contribution in [3.05, 3.63) is 95.8 Å². The molecule has 3 aromatic carbocycles. The molecule has 1 fully saturated rings. The van der Waals surface area contributed by atoms with Crippen molar-refractivity contribution in [3.63, 3.8) is 0 Å². The van der Waals surface area contributed by atoms with Crippen molar-refractivity contribution in [1.29, 1.82) is 0 Å². The van der Waals surface area contributed by atoms with Gasteiger partial charge in [-0.2, -0.15) is 4.99 Å². The van der Waals surface area contributed by atoms with E-state index >= 15 is 0 Å². The van der Waals surface area contributed by atoms with Crippen molar-refractivity contribution in [3.8, 4) is 0 Å². The summed E-state index contributed by atoms with van der Waals surface area (Å²) < 4.78 is 13.5. The summed E-state index contributed by atoms with van der Waals surface area (Å²) in [5.74, 6) is 1.12. The summed E-state index contributed by atoms with van der Waals surface area (Å²) in [4.78, 5) is 12.3. The molecule has 1 heterocycles. The highest BCUT2D eigenvalue weighted by atomic mass is 19.1. The molecule has 4 rings (SSSR count). The fourth-order valence-electron chi connectivity index (χ4n) is 3.93. The van der Waals surface area contributed by atoms with Gasteiger partial charge in [0.15, 0.2) is 0 Å². The van der Waals surface area contributed by atoms with E-state index < -0.39 is 0 Å². The van der Waals surface area contributed by atoms with E-state index in [2.05, 4.69) is 30.1 Å². The van der Waals surface area contributed by atoms with Crippen LogP contribution in [0.1, 0.15) is 37.3 Å². The Balaban J connectivity index is 1.81. The minimum absolute atomic E-state index is 0.265. The van der Waals surface area contributed by atoms with Crippen LogP contribution >= 0.6 is 0 Å². The van der Waals surface area contributed by atoms with Crippen LogP contribution in [0, 0.1) is 12.7 Å². The summed E-state index contributed by atoms with van der Waals surface area (Å²) in [5, 5.41) is 3.41. The number of benzene rings is 3. The Morgan fingerprint density at radius 3 is 2.38 bits per heavy atom. The van der Waals surface area contributed by atoms with Gasteiger partial charge in [0.05, 0.1) is 5.69 Å². The van der Waals surface area contributed by atoms with Crippen molar-refractivity contribution in [2.45, 2.75) is 39.2 Å². The summed E-state index contributed by atoms with van der Waals surface area (Å²) in [6.45, 7) is 5.22. The second kappa shape index (κ2) is 10.2. The number of nitrogens with zero attached hydrogens (tertiary/aromatic N) is 3. The zero-order chi connectivity index (χ0) is 22.3. The fraction of sp³-hybridized carbons (Fsp3) is 0.259. The summed E-state index contributed by atoms with van der Waals surface area (Å²) >= 11 is 0. The van der Waals surface area contributed by atoms with Crippen molar-refractivity contribution >= 4 is 23.2 Å². The van der Waals surface area contributed by atoms with E-state index in [-0.39, 0.29) is 5.82 Å². The van der Waals surface area contributed by atoms with E-state index in [1.165, 1.54) is 18.6 Å². The Hall–Kier alpha value is -3.47. The Kier molecular flexibility index (Phi) is 6.95. The predicted octanol–water partition coefficient (Wildman–Crippen LogP) is 6.55. The molecule has 0 bridgehead atoms. The zero-order valence-corrected chi connectivity index (χ0v) is 18.6. The number of piperidine rings is 1. The molecule has 0 spiro atoms. The maximum atomic E-state index is 13.5. The third kappa shape index (κ3) is 5.41. The largest absolute Gasteiger partial charge is 0.340 e. The molecule has 0 radical (unpaired) electrons. The lowest BCUT2D eigenvalue weighted by Crippen LogP contribution is -2.42. The number of rotatable bonds is 3. The Morgan fingerprint density at radius 1 is 0.938 bits per heavy atom.